The summed E-state index contributed by atoms with van der Waals surface area (Å²) in [4.78, 5) is 14.9. The fourth-order valence-electron chi connectivity index (χ4n) is 3.60. The predicted octanol–water partition coefficient (Wildman–Crippen LogP) is 4.00. The van der Waals surface area contributed by atoms with E-state index >= 15 is 0 Å². The first-order chi connectivity index (χ1) is 15.4. The van der Waals surface area contributed by atoms with Gasteiger partial charge in [0.2, 0.25) is 15.9 Å². The minimum atomic E-state index is -3.90. The minimum Gasteiger partial charge on any atom is -0.490 e. The molecule has 0 saturated heterocycles. The number of nitrogens with zero attached hydrogens (tertiary/aromatic N) is 2. The van der Waals surface area contributed by atoms with Crippen LogP contribution in [0, 0.1) is 0 Å². The van der Waals surface area contributed by atoms with Gasteiger partial charge in [0.05, 0.1) is 23.7 Å². The number of para-hydroxylation sites is 2. The topological polar surface area (TPSA) is 66.9 Å². The van der Waals surface area contributed by atoms with Crippen LogP contribution in [0.25, 0.3) is 0 Å². The van der Waals surface area contributed by atoms with Crippen LogP contribution in [0.4, 0.5) is 5.69 Å². The van der Waals surface area contributed by atoms with E-state index in [1.807, 2.05) is 42.5 Å². The van der Waals surface area contributed by atoms with E-state index in [9.17, 15) is 13.2 Å². The monoisotopic (exact) mass is 470 g/mol. The highest BCUT2D eigenvalue weighted by molar-refractivity contribution is 7.89. The van der Waals surface area contributed by atoms with Crippen LogP contribution >= 0.6 is 11.6 Å². The fraction of sp³-hybridized carbons (Fsp3) is 0.208. The van der Waals surface area contributed by atoms with Gasteiger partial charge in [-0.2, -0.15) is 4.31 Å². The van der Waals surface area contributed by atoms with Crippen LogP contribution in [0.5, 0.6) is 5.75 Å². The lowest BCUT2D eigenvalue weighted by molar-refractivity contribution is -0.119. The number of rotatable bonds is 7. The number of hydrogen-bond acceptors (Lipinski definition) is 4. The molecule has 32 heavy (non-hydrogen) atoms. The maximum Gasteiger partial charge on any atom is 0.243 e. The Labute approximate surface area is 193 Å². The number of halogens is 1. The molecule has 166 valence electrons. The van der Waals surface area contributed by atoms with Crippen LogP contribution in [-0.4, -0.2) is 44.9 Å². The first-order valence-electron chi connectivity index (χ1n) is 10.3. The highest BCUT2D eigenvalue weighted by Crippen LogP contribution is 2.31. The van der Waals surface area contributed by atoms with Crippen molar-refractivity contribution in [3.8, 4) is 5.75 Å². The Hall–Kier alpha value is -2.87. The third-order valence-electron chi connectivity index (χ3n) is 5.29. The van der Waals surface area contributed by atoms with Crippen LogP contribution in [0.2, 0.25) is 5.02 Å². The molecule has 0 N–H and O–H groups in total. The second-order valence-electron chi connectivity index (χ2n) is 7.39. The van der Waals surface area contributed by atoms with Gasteiger partial charge in [0.15, 0.2) is 0 Å². The summed E-state index contributed by atoms with van der Waals surface area (Å²) in [5.41, 5.74) is 1.64. The zero-order valence-electron chi connectivity index (χ0n) is 17.4. The molecule has 4 rings (SSSR count). The Bertz CT molecular complexity index is 1180. The molecule has 0 unspecified atom stereocenters. The number of sulfonamides is 1. The van der Waals surface area contributed by atoms with Crippen molar-refractivity contribution in [2.24, 2.45) is 0 Å². The van der Waals surface area contributed by atoms with Gasteiger partial charge in [0, 0.05) is 11.6 Å². The van der Waals surface area contributed by atoms with E-state index in [2.05, 4.69) is 0 Å². The quantitative estimate of drug-likeness (QED) is 0.523. The third-order valence-corrected chi connectivity index (χ3v) is 7.40. The highest BCUT2D eigenvalue weighted by atomic mass is 35.5. The van der Waals surface area contributed by atoms with Crippen molar-refractivity contribution in [1.29, 1.82) is 0 Å². The lowest BCUT2D eigenvalue weighted by atomic mass is 10.1. The highest BCUT2D eigenvalue weighted by Gasteiger charge is 2.30. The van der Waals surface area contributed by atoms with Crippen molar-refractivity contribution in [1.82, 2.24) is 4.31 Å². The SMILES string of the molecule is O=C(CN(CCc1ccccc1)S(=O)(=O)c1ccc(Cl)cc1)N1CCOc2ccccc21. The maximum absolute atomic E-state index is 13.4. The number of fused-ring (bicyclic) bond motifs is 1. The van der Waals surface area contributed by atoms with E-state index < -0.39 is 10.0 Å². The lowest BCUT2D eigenvalue weighted by Gasteiger charge is -2.31. The second kappa shape index (κ2) is 9.73. The molecule has 0 aliphatic carbocycles. The zero-order valence-corrected chi connectivity index (χ0v) is 18.9. The summed E-state index contributed by atoms with van der Waals surface area (Å²) in [5.74, 6) is 0.315. The van der Waals surface area contributed by atoms with Crippen molar-refractivity contribution in [2.75, 3.05) is 31.1 Å². The van der Waals surface area contributed by atoms with Crippen molar-refractivity contribution >= 4 is 33.2 Å². The molecule has 3 aromatic carbocycles. The maximum atomic E-state index is 13.4. The molecule has 3 aromatic rings. The molecular weight excluding hydrogens is 448 g/mol. The molecule has 1 amide bonds. The van der Waals surface area contributed by atoms with Crippen molar-refractivity contribution in [3.05, 3.63) is 89.4 Å². The van der Waals surface area contributed by atoms with Crippen LogP contribution in [0.15, 0.2) is 83.8 Å². The first kappa shape index (κ1) is 22.3. The van der Waals surface area contributed by atoms with Gasteiger partial charge in [-0.3, -0.25) is 4.79 Å². The molecule has 0 saturated carbocycles. The van der Waals surface area contributed by atoms with Gasteiger partial charge in [0.25, 0.3) is 0 Å². The van der Waals surface area contributed by atoms with Gasteiger partial charge in [-0.25, -0.2) is 8.42 Å². The molecule has 0 aromatic heterocycles. The van der Waals surface area contributed by atoms with Gasteiger partial charge in [-0.1, -0.05) is 54.1 Å². The van der Waals surface area contributed by atoms with Crippen molar-refractivity contribution in [2.45, 2.75) is 11.3 Å². The van der Waals surface area contributed by atoms with E-state index in [1.54, 1.807) is 17.0 Å². The fourth-order valence-corrected chi connectivity index (χ4v) is 5.12. The molecule has 0 radical (unpaired) electrons. The van der Waals surface area contributed by atoms with Gasteiger partial charge in [-0.05, 0) is 48.4 Å². The summed E-state index contributed by atoms with van der Waals surface area (Å²) < 4.78 is 33.7. The zero-order chi connectivity index (χ0) is 22.6. The average molecular weight is 471 g/mol. The van der Waals surface area contributed by atoms with Crippen molar-refractivity contribution < 1.29 is 17.9 Å². The van der Waals surface area contributed by atoms with E-state index in [1.165, 1.54) is 28.6 Å². The Morgan fingerprint density at radius 3 is 2.41 bits per heavy atom. The Morgan fingerprint density at radius 2 is 1.66 bits per heavy atom. The minimum absolute atomic E-state index is 0.102. The number of carbonyl (C=O) groups is 1. The Morgan fingerprint density at radius 1 is 0.969 bits per heavy atom. The summed E-state index contributed by atoms with van der Waals surface area (Å²) in [6, 6.07) is 22.8. The number of benzene rings is 3. The van der Waals surface area contributed by atoms with Gasteiger partial charge < -0.3 is 9.64 Å². The summed E-state index contributed by atoms with van der Waals surface area (Å²) in [6.07, 6.45) is 0.487. The largest absolute Gasteiger partial charge is 0.490 e. The number of ether oxygens (including phenoxy) is 1. The van der Waals surface area contributed by atoms with Crippen LogP contribution in [-0.2, 0) is 21.2 Å². The molecule has 0 bridgehead atoms. The Kier molecular flexibility index (Phi) is 6.79. The van der Waals surface area contributed by atoms with E-state index in [-0.39, 0.29) is 23.9 Å². The van der Waals surface area contributed by atoms with E-state index in [0.29, 0.717) is 36.0 Å². The number of carbonyl (C=O) groups excluding carboxylic acids is 1. The number of amides is 1. The number of hydrogen-bond donors (Lipinski definition) is 0. The normalized spacial score (nSPS) is 13.5. The average Bonchev–Trinajstić information content (AvgIpc) is 2.82. The molecule has 0 spiro atoms. The first-order valence-corrected chi connectivity index (χ1v) is 12.1. The molecule has 0 atom stereocenters. The van der Waals surface area contributed by atoms with Crippen molar-refractivity contribution in [3.63, 3.8) is 0 Å². The smallest absolute Gasteiger partial charge is 0.243 e. The van der Waals surface area contributed by atoms with E-state index in [4.69, 9.17) is 16.3 Å². The molecule has 1 aliphatic rings. The van der Waals surface area contributed by atoms with E-state index in [0.717, 1.165) is 5.56 Å². The summed E-state index contributed by atoms with van der Waals surface area (Å²) in [7, 11) is -3.90. The van der Waals surface area contributed by atoms with Crippen LogP contribution in [0.1, 0.15) is 5.56 Å². The summed E-state index contributed by atoms with van der Waals surface area (Å²) in [6.45, 7) is 0.624. The standard InChI is InChI=1S/C24H23ClN2O4S/c25-20-10-12-21(13-11-20)32(29,30)26(15-14-19-6-2-1-3-7-19)18-24(28)27-16-17-31-23-9-5-4-8-22(23)27/h1-13H,14-18H2. The van der Waals surface area contributed by atoms with Crippen LogP contribution < -0.4 is 9.64 Å². The summed E-state index contributed by atoms with van der Waals surface area (Å²) in [5, 5.41) is 0.445. The molecule has 8 heteroatoms. The van der Waals surface area contributed by atoms with Gasteiger partial charge in [0.1, 0.15) is 12.4 Å². The molecule has 1 aliphatic heterocycles. The second-order valence-corrected chi connectivity index (χ2v) is 9.76. The molecule has 0 fully saturated rings. The predicted molar refractivity (Wildman–Crippen MR) is 125 cm³/mol. The molecule has 1 heterocycles. The van der Waals surface area contributed by atoms with Crippen LogP contribution in [0.3, 0.4) is 0 Å². The molecule has 6 nitrogen and oxygen atoms in total. The summed E-state index contributed by atoms with van der Waals surface area (Å²) >= 11 is 5.94. The third kappa shape index (κ3) is 4.96. The van der Waals surface area contributed by atoms with Gasteiger partial charge in [-0.15, -0.1) is 0 Å². The number of anilines is 1. The Balaban J connectivity index is 1.60. The van der Waals surface area contributed by atoms with Gasteiger partial charge >= 0.3 is 0 Å². The lowest BCUT2D eigenvalue weighted by Crippen LogP contribution is -2.46. The molecular formula is C24H23ClN2O4S.